The maximum atomic E-state index is 12.3. The zero-order valence-corrected chi connectivity index (χ0v) is 16.0. The van der Waals surface area contributed by atoms with Crippen LogP contribution in [-0.2, 0) is 4.79 Å². The maximum absolute atomic E-state index is 12.3. The van der Waals surface area contributed by atoms with Crippen molar-refractivity contribution in [3.05, 3.63) is 29.8 Å². The number of aromatic nitrogens is 2. The van der Waals surface area contributed by atoms with Crippen molar-refractivity contribution in [1.82, 2.24) is 15.1 Å². The van der Waals surface area contributed by atoms with Gasteiger partial charge in [0, 0.05) is 18.8 Å². The second-order valence-electron chi connectivity index (χ2n) is 5.54. The molecule has 1 aromatic heterocycles. The lowest BCUT2D eigenvalue weighted by Gasteiger charge is -2.20. The summed E-state index contributed by atoms with van der Waals surface area (Å²) in [6.45, 7) is 7.89. The van der Waals surface area contributed by atoms with E-state index in [0.717, 1.165) is 41.1 Å². The molecule has 0 saturated carbocycles. The second-order valence-corrected chi connectivity index (χ2v) is 7.74. The molecule has 0 atom stereocenters. The molecule has 0 aliphatic carbocycles. The van der Waals surface area contributed by atoms with Gasteiger partial charge in [0.1, 0.15) is 0 Å². The summed E-state index contributed by atoms with van der Waals surface area (Å²) in [7, 11) is 0. The minimum Gasteiger partial charge on any atom is -0.342 e. The van der Waals surface area contributed by atoms with Gasteiger partial charge in [-0.2, -0.15) is 0 Å². The Kier molecular flexibility index (Phi) is 7.52. The fourth-order valence-electron chi connectivity index (χ4n) is 2.28. The molecule has 1 N–H and O–H groups in total. The number of aryl methyl sites for hydroxylation is 1. The summed E-state index contributed by atoms with van der Waals surface area (Å²) in [6, 6.07) is 8.11. The van der Waals surface area contributed by atoms with Crippen molar-refractivity contribution in [2.75, 3.05) is 24.2 Å². The van der Waals surface area contributed by atoms with Gasteiger partial charge in [0.05, 0.1) is 5.75 Å². The van der Waals surface area contributed by atoms with Crippen LogP contribution in [0.3, 0.4) is 0 Å². The SMILES string of the molecule is CCCN(CCC)C(=O)CSc1nnc(Nc2cccc(C)c2)s1. The molecule has 2 aromatic rings. The summed E-state index contributed by atoms with van der Waals surface area (Å²) >= 11 is 2.93. The highest BCUT2D eigenvalue weighted by atomic mass is 32.2. The van der Waals surface area contributed by atoms with Crippen LogP contribution in [0, 0.1) is 6.92 Å². The Balaban J connectivity index is 1.88. The van der Waals surface area contributed by atoms with Crippen LogP contribution in [0.15, 0.2) is 28.6 Å². The van der Waals surface area contributed by atoms with Crippen molar-refractivity contribution >= 4 is 39.8 Å². The number of nitrogens with zero attached hydrogens (tertiary/aromatic N) is 3. The largest absolute Gasteiger partial charge is 0.342 e. The zero-order valence-electron chi connectivity index (χ0n) is 14.4. The third-order valence-electron chi connectivity index (χ3n) is 3.33. The number of benzene rings is 1. The number of rotatable bonds is 9. The minimum absolute atomic E-state index is 0.173. The topological polar surface area (TPSA) is 58.1 Å². The molecule has 1 aromatic carbocycles. The Bertz CT molecular complexity index is 654. The normalized spacial score (nSPS) is 10.6. The van der Waals surface area contributed by atoms with E-state index in [4.69, 9.17) is 0 Å². The number of anilines is 2. The molecular weight excluding hydrogens is 340 g/mol. The molecule has 1 amide bonds. The molecule has 0 spiro atoms. The number of nitrogens with one attached hydrogen (secondary N) is 1. The Morgan fingerprint density at radius 1 is 1.25 bits per heavy atom. The van der Waals surface area contributed by atoms with Crippen molar-refractivity contribution in [3.8, 4) is 0 Å². The number of hydrogen-bond acceptors (Lipinski definition) is 6. The zero-order chi connectivity index (χ0) is 17.4. The summed E-state index contributed by atoms with van der Waals surface area (Å²) < 4.78 is 0.812. The van der Waals surface area contributed by atoms with Crippen LogP contribution in [0.1, 0.15) is 32.3 Å². The molecular formula is C17H24N4OS2. The third-order valence-corrected chi connectivity index (χ3v) is 5.29. The van der Waals surface area contributed by atoms with Gasteiger partial charge in [-0.05, 0) is 37.5 Å². The summed E-state index contributed by atoms with van der Waals surface area (Å²) in [4.78, 5) is 14.2. The van der Waals surface area contributed by atoms with Gasteiger partial charge in [-0.1, -0.05) is 49.1 Å². The summed E-state index contributed by atoms with van der Waals surface area (Å²) in [5.74, 6) is 0.589. The first-order valence-corrected chi connectivity index (χ1v) is 10.00. The molecule has 2 rings (SSSR count). The van der Waals surface area contributed by atoms with Gasteiger partial charge >= 0.3 is 0 Å². The summed E-state index contributed by atoms with van der Waals surface area (Å²) in [5, 5.41) is 12.3. The van der Waals surface area contributed by atoms with Gasteiger partial charge in [-0.3, -0.25) is 4.79 Å². The molecule has 1 heterocycles. The molecule has 0 aliphatic rings. The average Bonchev–Trinajstić information content (AvgIpc) is 3.00. The van der Waals surface area contributed by atoms with Crippen molar-refractivity contribution in [3.63, 3.8) is 0 Å². The van der Waals surface area contributed by atoms with E-state index in [9.17, 15) is 4.79 Å². The van der Waals surface area contributed by atoms with Crippen LogP contribution in [0.4, 0.5) is 10.8 Å². The van der Waals surface area contributed by atoms with Crippen molar-refractivity contribution in [2.45, 2.75) is 38.0 Å². The Hall–Kier alpha value is -1.60. The van der Waals surface area contributed by atoms with E-state index < -0.39 is 0 Å². The highest BCUT2D eigenvalue weighted by Gasteiger charge is 2.14. The third kappa shape index (κ3) is 5.79. The number of amides is 1. The van der Waals surface area contributed by atoms with Gasteiger partial charge in [-0.15, -0.1) is 10.2 Å². The van der Waals surface area contributed by atoms with Gasteiger partial charge in [-0.25, -0.2) is 0 Å². The smallest absolute Gasteiger partial charge is 0.233 e. The first-order chi connectivity index (χ1) is 11.6. The summed E-state index contributed by atoms with van der Waals surface area (Å²) in [6.07, 6.45) is 1.97. The van der Waals surface area contributed by atoms with E-state index in [0.29, 0.717) is 5.75 Å². The van der Waals surface area contributed by atoms with E-state index in [1.54, 1.807) is 0 Å². The lowest BCUT2D eigenvalue weighted by molar-refractivity contribution is -0.128. The van der Waals surface area contributed by atoms with E-state index in [1.807, 2.05) is 17.0 Å². The fourth-order valence-corrected chi connectivity index (χ4v) is 3.96. The van der Waals surface area contributed by atoms with Crippen LogP contribution in [0.25, 0.3) is 0 Å². The molecule has 0 saturated heterocycles. The fraction of sp³-hybridized carbons (Fsp3) is 0.471. The first-order valence-electron chi connectivity index (χ1n) is 8.20. The Morgan fingerprint density at radius 3 is 2.67 bits per heavy atom. The van der Waals surface area contributed by atoms with Gasteiger partial charge in [0.25, 0.3) is 0 Å². The molecule has 0 bridgehead atoms. The monoisotopic (exact) mass is 364 g/mol. The molecule has 130 valence electrons. The van der Waals surface area contributed by atoms with Crippen molar-refractivity contribution in [1.29, 1.82) is 0 Å². The second kappa shape index (κ2) is 9.64. The average molecular weight is 365 g/mol. The molecule has 0 unspecified atom stereocenters. The molecule has 24 heavy (non-hydrogen) atoms. The predicted octanol–water partition coefficient (Wildman–Crippen LogP) is 4.33. The van der Waals surface area contributed by atoms with Gasteiger partial charge in [0.2, 0.25) is 11.0 Å². The molecule has 7 heteroatoms. The number of hydrogen-bond donors (Lipinski definition) is 1. The molecule has 0 fully saturated rings. The number of carbonyl (C=O) groups excluding carboxylic acids is 1. The number of thioether (sulfide) groups is 1. The van der Waals surface area contributed by atoms with Crippen LogP contribution < -0.4 is 5.32 Å². The van der Waals surface area contributed by atoms with Crippen molar-refractivity contribution in [2.24, 2.45) is 0 Å². The standard InChI is InChI=1S/C17H24N4OS2/c1-4-9-21(10-5-2)15(22)12-23-17-20-19-16(24-17)18-14-8-6-7-13(3)11-14/h6-8,11H,4-5,9-10,12H2,1-3H3,(H,18,19). The lowest BCUT2D eigenvalue weighted by atomic mass is 10.2. The van der Waals surface area contributed by atoms with Gasteiger partial charge in [0.15, 0.2) is 4.34 Å². The van der Waals surface area contributed by atoms with E-state index in [2.05, 4.69) is 48.4 Å². The molecule has 0 radical (unpaired) electrons. The summed E-state index contributed by atoms with van der Waals surface area (Å²) in [5.41, 5.74) is 2.19. The predicted molar refractivity (Wildman–Crippen MR) is 102 cm³/mol. The Labute approximate surface area is 151 Å². The van der Waals surface area contributed by atoms with Crippen LogP contribution in [-0.4, -0.2) is 39.8 Å². The minimum atomic E-state index is 0.173. The number of carbonyl (C=O) groups is 1. The molecule has 5 nitrogen and oxygen atoms in total. The van der Waals surface area contributed by atoms with E-state index in [1.165, 1.54) is 28.7 Å². The van der Waals surface area contributed by atoms with Gasteiger partial charge < -0.3 is 10.2 Å². The maximum Gasteiger partial charge on any atom is 0.233 e. The first kappa shape index (κ1) is 18.7. The lowest BCUT2D eigenvalue weighted by Crippen LogP contribution is -2.33. The Morgan fingerprint density at radius 2 is 2.00 bits per heavy atom. The van der Waals surface area contributed by atoms with Crippen LogP contribution >= 0.6 is 23.1 Å². The van der Waals surface area contributed by atoms with Crippen LogP contribution in [0.5, 0.6) is 0 Å². The van der Waals surface area contributed by atoms with E-state index in [-0.39, 0.29) is 5.91 Å². The van der Waals surface area contributed by atoms with E-state index >= 15 is 0 Å². The van der Waals surface area contributed by atoms with Crippen LogP contribution in [0.2, 0.25) is 0 Å². The highest BCUT2D eigenvalue weighted by Crippen LogP contribution is 2.28. The molecule has 0 aliphatic heterocycles. The quantitative estimate of drug-likeness (QED) is 0.671. The van der Waals surface area contributed by atoms with Crippen molar-refractivity contribution < 1.29 is 4.79 Å². The highest BCUT2D eigenvalue weighted by molar-refractivity contribution is 8.01.